The third-order valence-electron chi connectivity index (χ3n) is 4.34. The number of rotatable bonds is 6. The van der Waals surface area contributed by atoms with E-state index in [1.807, 2.05) is 29.6 Å². The van der Waals surface area contributed by atoms with Gasteiger partial charge in [0.15, 0.2) is 0 Å². The van der Waals surface area contributed by atoms with Crippen LogP contribution in [0.25, 0.3) is 10.6 Å². The molecule has 1 saturated carbocycles. The van der Waals surface area contributed by atoms with Crippen molar-refractivity contribution in [2.45, 2.75) is 25.3 Å². The minimum Gasteiger partial charge on any atom is -0.349 e. The maximum absolute atomic E-state index is 12.5. The summed E-state index contributed by atoms with van der Waals surface area (Å²) in [5.74, 6) is -0.364. The molecule has 5 nitrogen and oxygen atoms in total. The molecule has 4 rings (SSSR count). The van der Waals surface area contributed by atoms with E-state index < -0.39 is 0 Å². The van der Waals surface area contributed by atoms with Gasteiger partial charge in [-0.3, -0.25) is 9.59 Å². The molecule has 1 aliphatic rings. The number of benzene rings is 2. The third kappa shape index (κ3) is 4.58. The van der Waals surface area contributed by atoms with Crippen LogP contribution >= 0.6 is 22.9 Å². The Morgan fingerprint density at radius 1 is 1.11 bits per heavy atom. The van der Waals surface area contributed by atoms with Crippen LogP contribution in [-0.2, 0) is 11.2 Å². The van der Waals surface area contributed by atoms with Crippen molar-refractivity contribution in [3.05, 3.63) is 70.2 Å². The maximum Gasteiger partial charge on any atom is 0.253 e. The van der Waals surface area contributed by atoms with E-state index in [9.17, 15) is 9.59 Å². The first-order valence-corrected chi connectivity index (χ1v) is 10.2. The fraction of sp³-hybridized carbons (Fsp3) is 0.190. The van der Waals surface area contributed by atoms with Crippen LogP contribution in [0.3, 0.4) is 0 Å². The van der Waals surface area contributed by atoms with Crippen LogP contribution in [0, 0.1) is 0 Å². The van der Waals surface area contributed by atoms with Gasteiger partial charge in [0.1, 0.15) is 5.01 Å². The number of nitrogens with one attached hydrogen (secondary N) is 2. The molecule has 28 heavy (non-hydrogen) atoms. The molecule has 0 spiro atoms. The molecule has 1 heterocycles. The Balaban J connectivity index is 1.42. The number of carbonyl (C=O) groups is 2. The van der Waals surface area contributed by atoms with E-state index in [2.05, 4.69) is 15.6 Å². The molecule has 2 N–H and O–H groups in total. The molecule has 0 bridgehead atoms. The number of amides is 2. The topological polar surface area (TPSA) is 71.1 Å². The molecule has 1 aliphatic carbocycles. The lowest BCUT2D eigenvalue weighted by atomic mass is 10.1. The number of halogens is 1. The fourth-order valence-electron chi connectivity index (χ4n) is 2.75. The minimum absolute atomic E-state index is 0.142. The van der Waals surface area contributed by atoms with Gasteiger partial charge in [0.2, 0.25) is 5.91 Å². The van der Waals surface area contributed by atoms with E-state index in [1.54, 1.807) is 24.3 Å². The third-order valence-corrected chi connectivity index (χ3v) is 5.54. The van der Waals surface area contributed by atoms with Crippen LogP contribution in [0.2, 0.25) is 5.02 Å². The van der Waals surface area contributed by atoms with Gasteiger partial charge in [-0.05, 0) is 37.1 Å². The zero-order chi connectivity index (χ0) is 19.5. The molecule has 7 heteroatoms. The van der Waals surface area contributed by atoms with Crippen LogP contribution in [0.4, 0.5) is 5.69 Å². The van der Waals surface area contributed by atoms with Gasteiger partial charge in [-0.2, -0.15) is 0 Å². The zero-order valence-electron chi connectivity index (χ0n) is 14.9. The molecule has 0 unspecified atom stereocenters. The van der Waals surface area contributed by atoms with Crippen molar-refractivity contribution in [3.8, 4) is 10.6 Å². The Labute approximate surface area is 171 Å². The first-order valence-electron chi connectivity index (χ1n) is 8.98. The number of para-hydroxylation sites is 1. The van der Waals surface area contributed by atoms with E-state index in [0.717, 1.165) is 23.4 Å². The van der Waals surface area contributed by atoms with E-state index in [4.69, 9.17) is 11.6 Å². The lowest BCUT2D eigenvalue weighted by Gasteiger charge is -2.10. The quantitative estimate of drug-likeness (QED) is 0.625. The van der Waals surface area contributed by atoms with Gasteiger partial charge in [0.05, 0.1) is 23.4 Å². The molecule has 0 aliphatic heterocycles. The highest BCUT2D eigenvalue weighted by Gasteiger charge is 2.25. The molecule has 1 fully saturated rings. The summed E-state index contributed by atoms with van der Waals surface area (Å²) in [7, 11) is 0. The highest BCUT2D eigenvalue weighted by molar-refractivity contribution is 7.13. The number of hydrogen-bond donors (Lipinski definition) is 2. The first-order chi connectivity index (χ1) is 13.6. The Hall–Kier alpha value is -2.70. The summed E-state index contributed by atoms with van der Waals surface area (Å²) in [5, 5.41) is 9.16. The average molecular weight is 412 g/mol. The molecule has 0 saturated heterocycles. The summed E-state index contributed by atoms with van der Waals surface area (Å²) < 4.78 is 0. The molecule has 2 amide bonds. The van der Waals surface area contributed by atoms with Gasteiger partial charge in [0, 0.05) is 22.0 Å². The summed E-state index contributed by atoms with van der Waals surface area (Å²) in [6.45, 7) is 0. The number of hydrogen-bond acceptors (Lipinski definition) is 4. The molecule has 0 radical (unpaired) electrons. The molecule has 2 aromatic carbocycles. The number of aromatic nitrogens is 1. The van der Waals surface area contributed by atoms with Crippen molar-refractivity contribution < 1.29 is 9.59 Å². The van der Waals surface area contributed by atoms with Crippen LogP contribution < -0.4 is 10.6 Å². The van der Waals surface area contributed by atoms with Crippen LogP contribution in [0.5, 0.6) is 0 Å². The second kappa shape index (κ2) is 8.12. The highest BCUT2D eigenvalue weighted by Crippen LogP contribution is 2.26. The van der Waals surface area contributed by atoms with Gasteiger partial charge >= 0.3 is 0 Å². The second-order valence-corrected chi connectivity index (χ2v) is 7.96. The Bertz CT molecular complexity index is 1010. The largest absolute Gasteiger partial charge is 0.349 e. The fourth-order valence-corrected chi connectivity index (χ4v) is 3.70. The summed E-state index contributed by atoms with van der Waals surface area (Å²) in [5.41, 5.74) is 2.64. The van der Waals surface area contributed by atoms with Crippen LogP contribution in [0.15, 0.2) is 53.9 Å². The lowest BCUT2D eigenvalue weighted by molar-refractivity contribution is -0.115. The van der Waals surface area contributed by atoms with Gasteiger partial charge in [0.25, 0.3) is 5.91 Å². The van der Waals surface area contributed by atoms with Gasteiger partial charge in [-0.15, -0.1) is 11.3 Å². The summed E-state index contributed by atoms with van der Waals surface area (Å²) in [6, 6.07) is 14.7. The minimum atomic E-state index is -0.209. The molecule has 3 aromatic rings. The van der Waals surface area contributed by atoms with Crippen molar-refractivity contribution in [1.29, 1.82) is 0 Å². The van der Waals surface area contributed by atoms with Crippen molar-refractivity contribution in [2.75, 3.05) is 5.32 Å². The van der Waals surface area contributed by atoms with E-state index in [0.29, 0.717) is 22.0 Å². The van der Waals surface area contributed by atoms with Gasteiger partial charge in [-0.25, -0.2) is 4.98 Å². The van der Waals surface area contributed by atoms with Crippen molar-refractivity contribution in [1.82, 2.24) is 10.3 Å². The first kappa shape index (κ1) is 18.7. The summed E-state index contributed by atoms with van der Waals surface area (Å²) in [6.07, 6.45) is 2.17. The predicted molar refractivity (Wildman–Crippen MR) is 112 cm³/mol. The monoisotopic (exact) mass is 411 g/mol. The van der Waals surface area contributed by atoms with Gasteiger partial charge in [-0.1, -0.05) is 35.9 Å². The maximum atomic E-state index is 12.5. The highest BCUT2D eigenvalue weighted by atomic mass is 35.5. The Morgan fingerprint density at radius 2 is 1.86 bits per heavy atom. The predicted octanol–water partition coefficient (Wildman–Crippen LogP) is 4.54. The van der Waals surface area contributed by atoms with E-state index in [-0.39, 0.29) is 24.3 Å². The molecule has 0 atom stereocenters. The number of carbonyl (C=O) groups excluding carboxylic acids is 2. The molecular formula is C21H18ClN3O2S. The summed E-state index contributed by atoms with van der Waals surface area (Å²) in [4.78, 5) is 29.4. The molecular weight excluding hydrogens is 394 g/mol. The molecule has 1 aromatic heterocycles. The van der Waals surface area contributed by atoms with E-state index >= 15 is 0 Å². The van der Waals surface area contributed by atoms with Crippen molar-refractivity contribution >= 4 is 40.4 Å². The number of thiazole rings is 1. The van der Waals surface area contributed by atoms with Gasteiger partial charge < -0.3 is 10.6 Å². The second-order valence-electron chi connectivity index (χ2n) is 6.67. The van der Waals surface area contributed by atoms with Crippen LogP contribution in [0.1, 0.15) is 28.9 Å². The average Bonchev–Trinajstić information content (AvgIpc) is 3.38. The smallest absolute Gasteiger partial charge is 0.253 e. The number of anilines is 1. The Morgan fingerprint density at radius 3 is 2.61 bits per heavy atom. The SMILES string of the molecule is O=C(Cc1csc(-c2ccc(Cl)cc2)n1)Nc1ccccc1C(=O)NC1CC1. The van der Waals surface area contributed by atoms with Crippen LogP contribution in [-0.4, -0.2) is 22.8 Å². The van der Waals surface area contributed by atoms with Crippen molar-refractivity contribution in [2.24, 2.45) is 0 Å². The normalized spacial score (nSPS) is 13.2. The standard InChI is InChI=1S/C21H18ClN3O2S/c22-14-7-5-13(6-8-14)21-24-16(12-28-21)11-19(26)25-18-4-2-1-3-17(18)20(27)23-15-9-10-15/h1-8,12,15H,9-11H2,(H,23,27)(H,25,26). The zero-order valence-corrected chi connectivity index (χ0v) is 16.5. The number of nitrogens with zero attached hydrogens (tertiary/aromatic N) is 1. The Kier molecular flexibility index (Phi) is 5.41. The lowest BCUT2D eigenvalue weighted by Crippen LogP contribution is -2.27. The van der Waals surface area contributed by atoms with E-state index in [1.165, 1.54) is 11.3 Å². The van der Waals surface area contributed by atoms with Crippen molar-refractivity contribution in [3.63, 3.8) is 0 Å². The summed E-state index contributed by atoms with van der Waals surface area (Å²) >= 11 is 7.40. The molecule has 142 valence electrons.